The summed E-state index contributed by atoms with van der Waals surface area (Å²) in [7, 11) is 0. The van der Waals surface area contributed by atoms with Crippen molar-refractivity contribution < 1.29 is 4.79 Å². The lowest BCUT2D eigenvalue weighted by atomic mass is 10.1. The average molecular weight is 335 g/mol. The molecule has 0 atom stereocenters. The third kappa shape index (κ3) is 3.07. The third-order valence-electron chi connectivity index (χ3n) is 4.54. The number of hydrogen-bond donors (Lipinski definition) is 2. The zero-order valence-electron chi connectivity index (χ0n) is 14.2. The molecule has 0 radical (unpaired) electrons. The fourth-order valence-corrected chi connectivity index (χ4v) is 3.13. The Bertz CT molecular complexity index is 931. The Morgan fingerprint density at radius 3 is 2.72 bits per heavy atom. The molecular weight excluding hydrogens is 314 g/mol. The molecule has 25 heavy (non-hydrogen) atoms. The van der Waals surface area contributed by atoms with Crippen molar-refractivity contribution in [1.29, 1.82) is 0 Å². The number of nitrogens with one attached hydrogen (secondary N) is 2. The summed E-state index contributed by atoms with van der Waals surface area (Å²) in [5.41, 5.74) is 4.35. The van der Waals surface area contributed by atoms with Crippen molar-refractivity contribution in [2.45, 2.75) is 26.2 Å². The molecule has 0 unspecified atom stereocenters. The van der Waals surface area contributed by atoms with Crippen molar-refractivity contribution in [3.8, 4) is 11.3 Å². The van der Waals surface area contributed by atoms with E-state index < -0.39 is 0 Å². The number of rotatable bonds is 0. The molecule has 6 heteroatoms. The molecular formula is C19H21N5O. The topological polar surface area (TPSA) is 71.3 Å². The lowest BCUT2D eigenvalue weighted by Gasteiger charge is -2.10. The third-order valence-corrected chi connectivity index (χ3v) is 4.54. The normalized spacial score (nSPS) is 15.3. The SMILES string of the molecule is Cc1cc2ncc3n2nc1NCCCCCNC(=O)c1cccc-3c1. The van der Waals surface area contributed by atoms with Crippen LogP contribution in [-0.2, 0) is 0 Å². The molecule has 0 saturated heterocycles. The Hall–Kier alpha value is -2.89. The molecule has 1 amide bonds. The van der Waals surface area contributed by atoms with Crippen LogP contribution < -0.4 is 10.6 Å². The maximum Gasteiger partial charge on any atom is 0.251 e. The molecule has 2 aromatic heterocycles. The summed E-state index contributed by atoms with van der Waals surface area (Å²) in [4.78, 5) is 16.8. The smallest absolute Gasteiger partial charge is 0.251 e. The number of nitrogens with zero attached hydrogens (tertiary/aromatic N) is 3. The van der Waals surface area contributed by atoms with E-state index in [2.05, 4.69) is 15.6 Å². The van der Waals surface area contributed by atoms with E-state index in [0.29, 0.717) is 12.1 Å². The molecule has 3 heterocycles. The lowest BCUT2D eigenvalue weighted by molar-refractivity contribution is 0.0953. The number of fused-ring (bicyclic) bond motifs is 4. The predicted octanol–water partition coefficient (Wildman–Crippen LogP) is 3.03. The Kier molecular flexibility index (Phi) is 4.09. The maximum atomic E-state index is 12.4. The van der Waals surface area contributed by atoms with E-state index in [0.717, 1.165) is 54.1 Å². The second kappa shape index (κ2) is 6.55. The van der Waals surface area contributed by atoms with Gasteiger partial charge in [0.2, 0.25) is 0 Å². The van der Waals surface area contributed by atoms with Gasteiger partial charge in [-0.05, 0) is 49.9 Å². The molecule has 1 aliphatic rings. The molecule has 1 aliphatic heterocycles. The average Bonchev–Trinajstić information content (AvgIpc) is 3.02. The van der Waals surface area contributed by atoms with Crippen LogP contribution in [0.1, 0.15) is 35.2 Å². The minimum atomic E-state index is -0.0341. The Labute approximate surface area is 146 Å². The first-order valence-electron chi connectivity index (χ1n) is 8.70. The van der Waals surface area contributed by atoms with Crippen molar-refractivity contribution in [2.24, 2.45) is 0 Å². The number of amides is 1. The minimum absolute atomic E-state index is 0.0341. The fourth-order valence-electron chi connectivity index (χ4n) is 3.13. The molecule has 1 aromatic carbocycles. The molecule has 4 rings (SSSR count). The summed E-state index contributed by atoms with van der Waals surface area (Å²) in [5, 5.41) is 11.2. The molecule has 0 saturated carbocycles. The quantitative estimate of drug-likeness (QED) is 0.662. The zero-order valence-corrected chi connectivity index (χ0v) is 14.2. The van der Waals surface area contributed by atoms with E-state index in [1.807, 2.05) is 41.8 Å². The minimum Gasteiger partial charge on any atom is -0.368 e. The molecule has 3 aromatic rings. The van der Waals surface area contributed by atoms with Crippen LogP contribution in [0.3, 0.4) is 0 Å². The van der Waals surface area contributed by atoms with Gasteiger partial charge >= 0.3 is 0 Å². The van der Waals surface area contributed by atoms with Gasteiger partial charge in [-0.25, -0.2) is 9.50 Å². The Morgan fingerprint density at radius 2 is 1.84 bits per heavy atom. The first-order chi connectivity index (χ1) is 12.2. The van der Waals surface area contributed by atoms with Gasteiger partial charge < -0.3 is 10.6 Å². The van der Waals surface area contributed by atoms with Crippen molar-refractivity contribution >= 4 is 17.4 Å². The number of aromatic nitrogens is 3. The second-order valence-electron chi connectivity index (χ2n) is 6.41. The van der Waals surface area contributed by atoms with Gasteiger partial charge in [-0.3, -0.25) is 4.79 Å². The summed E-state index contributed by atoms with van der Waals surface area (Å²) in [6.07, 6.45) is 4.88. The summed E-state index contributed by atoms with van der Waals surface area (Å²) in [6.45, 7) is 3.61. The Morgan fingerprint density at radius 1 is 1.04 bits per heavy atom. The molecule has 0 spiro atoms. The van der Waals surface area contributed by atoms with Gasteiger partial charge in [0.1, 0.15) is 5.82 Å². The van der Waals surface area contributed by atoms with Gasteiger partial charge in [0.05, 0.1) is 11.9 Å². The fraction of sp³-hybridized carbons (Fsp3) is 0.316. The lowest BCUT2D eigenvalue weighted by Crippen LogP contribution is -2.24. The van der Waals surface area contributed by atoms with E-state index in [1.54, 1.807) is 6.20 Å². The molecule has 0 aliphatic carbocycles. The second-order valence-corrected chi connectivity index (χ2v) is 6.41. The van der Waals surface area contributed by atoms with Crippen molar-refractivity contribution in [3.05, 3.63) is 47.7 Å². The first-order valence-corrected chi connectivity index (χ1v) is 8.70. The van der Waals surface area contributed by atoms with Crippen LogP contribution in [0.15, 0.2) is 36.5 Å². The van der Waals surface area contributed by atoms with E-state index in [1.165, 1.54) is 0 Å². The Balaban J connectivity index is 1.84. The number of anilines is 1. The van der Waals surface area contributed by atoms with E-state index in [9.17, 15) is 4.79 Å². The highest BCUT2D eigenvalue weighted by Crippen LogP contribution is 2.23. The highest BCUT2D eigenvalue weighted by molar-refractivity contribution is 5.95. The largest absolute Gasteiger partial charge is 0.368 e. The standard InChI is InChI=1S/C19H21N5O/c1-13-10-17-22-12-16-14-6-5-7-15(11-14)19(25)21-9-4-2-3-8-20-18(13)23-24(16)17/h5-7,10-12H,2-4,8-9H2,1H3,(H,20,23)(H,21,25). The molecule has 2 N–H and O–H groups in total. The molecule has 128 valence electrons. The summed E-state index contributed by atoms with van der Waals surface area (Å²) < 4.78 is 1.84. The monoisotopic (exact) mass is 335 g/mol. The highest BCUT2D eigenvalue weighted by Gasteiger charge is 2.13. The van der Waals surface area contributed by atoms with Crippen LogP contribution >= 0.6 is 0 Å². The van der Waals surface area contributed by atoms with Crippen LogP contribution in [0.5, 0.6) is 0 Å². The molecule has 4 bridgehead atoms. The summed E-state index contributed by atoms with van der Waals surface area (Å²) in [5.74, 6) is 0.847. The summed E-state index contributed by atoms with van der Waals surface area (Å²) in [6, 6.07) is 9.65. The van der Waals surface area contributed by atoms with Crippen LogP contribution in [0, 0.1) is 6.92 Å². The van der Waals surface area contributed by atoms with Gasteiger partial charge in [0, 0.05) is 24.2 Å². The van der Waals surface area contributed by atoms with E-state index >= 15 is 0 Å². The van der Waals surface area contributed by atoms with E-state index in [4.69, 9.17) is 5.10 Å². The number of hydrogen-bond acceptors (Lipinski definition) is 4. The van der Waals surface area contributed by atoms with Crippen LogP contribution in [0.4, 0.5) is 5.82 Å². The van der Waals surface area contributed by atoms with Crippen LogP contribution in [-0.4, -0.2) is 33.6 Å². The van der Waals surface area contributed by atoms with Crippen LogP contribution in [0.2, 0.25) is 0 Å². The van der Waals surface area contributed by atoms with E-state index in [-0.39, 0.29) is 5.91 Å². The number of aryl methyl sites for hydroxylation is 1. The molecule has 6 nitrogen and oxygen atoms in total. The highest BCUT2D eigenvalue weighted by atomic mass is 16.1. The van der Waals surface area contributed by atoms with Crippen molar-refractivity contribution in [3.63, 3.8) is 0 Å². The summed E-state index contributed by atoms with van der Waals surface area (Å²) >= 11 is 0. The van der Waals surface area contributed by atoms with Gasteiger partial charge in [-0.2, -0.15) is 0 Å². The number of imidazole rings is 1. The van der Waals surface area contributed by atoms with Gasteiger partial charge in [0.25, 0.3) is 5.91 Å². The number of benzene rings is 1. The van der Waals surface area contributed by atoms with Gasteiger partial charge in [-0.1, -0.05) is 12.1 Å². The number of carbonyl (C=O) groups is 1. The van der Waals surface area contributed by atoms with Crippen LogP contribution in [0.25, 0.3) is 16.9 Å². The van der Waals surface area contributed by atoms with Crippen molar-refractivity contribution in [2.75, 3.05) is 18.4 Å². The number of carbonyl (C=O) groups excluding carboxylic acids is 1. The predicted molar refractivity (Wildman–Crippen MR) is 97.8 cm³/mol. The van der Waals surface area contributed by atoms with Crippen molar-refractivity contribution in [1.82, 2.24) is 19.9 Å². The van der Waals surface area contributed by atoms with Gasteiger partial charge in [-0.15, -0.1) is 5.10 Å². The van der Waals surface area contributed by atoms with Gasteiger partial charge in [0.15, 0.2) is 5.65 Å². The zero-order chi connectivity index (χ0) is 17.2. The maximum absolute atomic E-state index is 12.4. The first kappa shape index (κ1) is 15.6. The molecule has 0 fully saturated rings.